The monoisotopic (exact) mass is 411 g/mol. The van der Waals surface area contributed by atoms with Crippen LogP contribution in [-0.4, -0.2) is 25.6 Å². The molecule has 126 valence electrons. The molecule has 0 atom stereocenters. The number of halogens is 2. The Hall–Kier alpha value is -2.05. The van der Waals surface area contributed by atoms with E-state index in [1.807, 2.05) is 19.1 Å². The van der Waals surface area contributed by atoms with Gasteiger partial charge in [0.25, 0.3) is 5.91 Å². The van der Waals surface area contributed by atoms with Gasteiger partial charge in [-0.05, 0) is 48.9 Å². The van der Waals surface area contributed by atoms with Gasteiger partial charge in [0, 0.05) is 4.47 Å². The zero-order valence-electron chi connectivity index (χ0n) is 13.1. The first-order chi connectivity index (χ1) is 11.4. The first-order valence-corrected chi connectivity index (χ1v) is 8.14. The van der Waals surface area contributed by atoms with Gasteiger partial charge in [-0.3, -0.25) is 4.79 Å². The highest BCUT2D eigenvalue weighted by Crippen LogP contribution is 2.24. The molecule has 0 fully saturated rings. The van der Waals surface area contributed by atoms with E-state index in [1.165, 1.54) is 25.3 Å². The van der Waals surface area contributed by atoms with E-state index >= 15 is 0 Å². The van der Waals surface area contributed by atoms with E-state index in [0.717, 1.165) is 10.0 Å². The summed E-state index contributed by atoms with van der Waals surface area (Å²) in [6.07, 6.45) is 0. The van der Waals surface area contributed by atoms with E-state index in [4.69, 9.17) is 16.3 Å². The molecule has 0 radical (unpaired) electrons. The fraction of sp³-hybridized carbons (Fsp3) is 0.176. The van der Waals surface area contributed by atoms with Crippen LogP contribution < -0.4 is 10.1 Å². The number of rotatable bonds is 5. The number of aryl methyl sites for hydroxylation is 1. The largest absolute Gasteiger partial charge is 0.484 e. The van der Waals surface area contributed by atoms with Crippen LogP contribution in [0.1, 0.15) is 15.9 Å². The lowest BCUT2D eigenvalue weighted by atomic mass is 10.2. The van der Waals surface area contributed by atoms with Crippen molar-refractivity contribution in [2.75, 3.05) is 19.0 Å². The minimum absolute atomic E-state index is 0.181. The molecule has 0 heterocycles. The third kappa shape index (κ3) is 4.72. The molecule has 1 amide bonds. The van der Waals surface area contributed by atoms with Crippen molar-refractivity contribution in [3.8, 4) is 5.75 Å². The van der Waals surface area contributed by atoms with Gasteiger partial charge in [-0.25, -0.2) is 4.79 Å². The summed E-state index contributed by atoms with van der Waals surface area (Å²) in [4.78, 5) is 23.5. The number of methoxy groups -OCH3 is 1. The van der Waals surface area contributed by atoms with E-state index in [2.05, 4.69) is 26.0 Å². The van der Waals surface area contributed by atoms with Crippen LogP contribution in [0, 0.1) is 6.92 Å². The van der Waals surface area contributed by atoms with Crippen molar-refractivity contribution in [1.29, 1.82) is 0 Å². The summed E-state index contributed by atoms with van der Waals surface area (Å²) in [5.74, 6) is -0.316. The molecule has 1 N–H and O–H groups in total. The topological polar surface area (TPSA) is 64.6 Å². The van der Waals surface area contributed by atoms with Crippen LogP contribution in [0.15, 0.2) is 40.9 Å². The van der Waals surface area contributed by atoms with Crippen molar-refractivity contribution in [2.45, 2.75) is 6.92 Å². The van der Waals surface area contributed by atoms with Crippen LogP contribution in [0.2, 0.25) is 5.02 Å². The number of nitrogens with one attached hydrogen (secondary N) is 1. The van der Waals surface area contributed by atoms with Gasteiger partial charge in [0.05, 0.1) is 23.4 Å². The number of ether oxygens (including phenoxy) is 2. The lowest BCUT2D eigenvalue weighted by Gasteiger charge is -2.10. The van der Waals surface area contributed by atoms with Crippen LogP contribution in [0.3, 0.4) is 0 Å². The summed E-state index contributed by atoms with van der Waals surface area (Å²) >= 11 is 9.43. The zero-order chi connectivity index (χ0) is 17.7. The van der Waals surface area contributed by atoms with Crippen molar-refractivity contribution >= 4 is 45.1 Å². The highest BCUT2D eigenvalue weighted by molar-refractivity contribution is 9.10. The standard InChI is InChI=1S/C17H15BrClNO4/c1-10-7-12(4-5-13(10)18)24-9-16(21)20-15-8-11(17(22)23-2)3-6-14(15)19/h3-8H,9H2,1-2H3,(H,20,21). The van der Waals surface area contributed by atoms with Gasteiger partial charge >= 0.3 is 5.97 Å². The summed E-state index contributed by atoms with van der Waals surface area (Å²) in [5.41, 5.74) is 1.61. The average Bonchev–Trinajstić information content (AvgIpc) is 2.57. The normalized spacial score (nSPS) is 10.2. The maximum atomic E-state index is 12.0. The Morgan fingerprint density at radius 3 is 2.62 bits per heavy atom. The lowest BCUT2D eigenvalue weighted by molar-refractivity contribution is -0.118. The average molecular weight is 413 g/mol. The summed E-state index contributed by atoms with van der Waals surface area (Å²) in [5, 5.41) is 2.93. The first kappa shape index (κ1) is 18.3. The Balaban J connectivity index is 2.01. The van der Waals surface area contributed by atoms with Crippen LogP contribution in [0.25, 0.3) is 0 Å². The van der Waals surface area contributed by atoms with Crippen LogP contribution in [0.5, 0.6) is 5.75 Å². The van der Waals surface area contributed by atoms with Gasteiger partial charge < -0.3 is 14.8 Å². The van der Waals surface area contributed by atoms with Crippen LogP contribution in [-0.2, 0) is 9.53 Å². The number of carbonyl (C=O) groups is 2. The molecule has 0 spiro atoms. The fourth-order valence-corrected chi connectivity index (χ4v) is 2.32. The molecule has 0 aliphatic heterocycles. The maximum Gasteiger partial charge on any atom is 0.337 e. The highest BCUT2D eigenvalue weighted by Gasteiger charge is 2.12. The molecule has 0 saturated carbocycles. The minimum Gasteiger partial charge on any atom is -0.484 e. The van der Waals surface area contributed by atoms with Crippen molar-refractivity contribution in [2.24, 2.45) is 0 Å². The molecule has 2 aromatic rings. The number of hydrogen-bond acceptors (Lipinski definition) is 4. The predicted octanol–water partition coefficient (Wildman–Crippen LogP) is 4.22. The van der Waals surface area contributed by atoms with E-state index in [0.29, 0.717) is 22.0 Å². The van der Waals surface area contributed by atoms with Gasteiger partial charge in [-0.15, -0.1) is 0 Å². The molecule has 5 nitrogen and oxygen atoms in total. The second kappa shape index (κ2) is 8.17. The second-order valence-corrected chi connectivity index (χ2v) is 6.20. The molecular formula is C17H15BrClNO4. The SMILES string of the molecule is COC(=O)c1ccc(Cl)c(NC(=O)COc2ccc(Br)c(C)c2)c1. The van der Waals surface area contributed by atoms with Crippen molar-refractivity contribution in [1.82, 2.24) is 0 Å². The van der Waals surface area contributed by atoms with E-state index in [1.54, 1.807) is 6.07 Å². The number of amides is 1. The van der Waals surface area contributed by atoms with E-state index in [9.17, 15) is 9.59 Å². The quantitative estimate of drug-likeness (QED) is 0.747. The third-order valence-corrected chi connectivity index (χ3v) is 4.38. The molecule has 0 aliphatic rings. The molecule has 0 saturated heterocycles. The van der Waals surface area contributed by atoms with Crippen molar-refractivity contribution in [3.63, 3.8) is 0 Å². The number of hydrogen-bond donors (Lipinski definition) is 1. The van der Waals surface area contributed by atoms with Crippen LogP contribution >= 0.6 is 27.5 Å². The van der Waals surface area contributed by atoms with Crippen LogP contribution in [0.4, 0.5) is 5.69 Å². The van der Waals surface area contributed by atoms with E-state index < -0.39 is 5.97 Å². The fourth-order valence-electron chi connectivity index (χ4n) is 1.91. The third-order valence-electron chi connectivity index (χ3n) is 3.16. The molecule has 0 unspecified atom stereocenters. The molecule has 24 heavy (non-hydrogen) atoms. The Morgan fingerprint density at radius 1 is 1.21 bits per heavy atom. The summed E-state index contributed by atoms with van der Waals surface area (Å²) in [7, 11) is 1.28. The Labute approximate surface area is 153 Å². The highest BCUT2D eigenvalue weighted by atomic mass is 79.9. The van der Waals surface area contributed by atoms with E-state index in [-0.39, 0.29) is 12.5 Å². The minimum atomic E-state index is -0.510. The maximum absolute atomic E-state index is 12.0. The Kier molecular flexibility index (Phi) is 6.23. The Bertz CT molecular complexity index is 779. The van der Waals surface area contributed by atoms with Gasteiger partial charge in [-0.1, -0.05) is 27.5 Å². The number of benzene rings is 2. The van der Waals surface area contributed by atoms with Crippen molar-refractivity contribution < 1.29 is 19.1 Å². The molecule has 0 aliphatic carbocycles. The second-order valence-electron chi connectivity index (χ2n) is 4.93. The molecule has 0 aromatic heterocycles. The molecule has 2 rings (SSSR count). The molecule has 2 aromatic carbocycles. The molecule has 0 bridgehead atoms. The van der Waals surface area contributed by atoms with Gasteiger partial charge in [0.2, 0.25) is 0 Å². The number of anilines is 1. The van der Waals surface area contributed by atoms with Crippen molar-refractivity contribution in [3.05, 3.63) is 57.0 Å². The van der Waals surface area contributed by atoms with Gasteiger partial charge in [-0.2, -0.15) is 0 Å². The number of carbonyl (C=O) groups excluding carboxylic acids is 2. The first-order valence-electron chi connectivity index (χ1n) is 6.97. The zero-order valence-corrected chi connectivity index (χ0v) is 15.4. The van der Waals surface area contributed by atoms with Gasteiger partial charge in [0.1, 0.15) is 5.75 Å². The summed E-state index contributed by atoms with van der Waals surface area (Å²) in [6.45, 7) is 1.74. The smallest absolute Gasteiger partial charge is 0.337 e. The lowest BCUT2D eigenvalue weighted by Crippen LogP contribution is -2.20. The number of esters is 1. The summed E-state index contributed by atoms with van der Waals surface area (Å²) < 4.78 is 11.0. The molecular weight excluding hydrogens is 398 g/mol. The summed E-state index contributed by atoms with van der Waals surface area (Å²) in [6, 6.07) is 9.92. The predicted molar refractivity (Wildman–Crippen MR) is 95.8 cm³/mol. The van der Waals surface area contributed by atoms with Gasteiger partial charge in [0.15, 0.2) is 6.61 Å². The Morgan fingerprint density at radius 2 is 1.96 bits per heavy atom. The molecule has 7 heteroatoms.